The fourth-order valence-corrected chi connectivity index (χ4v) is 3.75. The number of carbonyl (C=O) groups excluding carboxylic acids is 1. The van der Waals surface area contributed by atoms with Crippen LogP contribution in [-0.2, 0) is 4.79 Å². The zero-order valence-electron chi connectivity index (χ0n) is 12.0. The van der Waals surface area contributed by atoms with Gasteiger partial charge in [-0.3, -0.25) is 4.79 Å². The largest absolute Gasteiger partial charge is 0.299 e. The number of benzene rings is 2. The standard InChI is InChI=1S/C18H16Cl2OS/c19-14-5-3-13(4-6-14)18(11-17(21)12-1-2-12)22-16-9-7-15(20)8-10-16/h3-10,12,18H,1-2,11H2/t18-/m1/s1. The van der Waals surface area contributed by atoms with Crippen molar-refractivity contribution in [2.45, 2.75) is 29.4 Å². The molecule has 1 nitrogen and oxygen atoms in total. The molecule has 3 rings (SSSR count). The molecule has 0 saturated heterocycles. The van der Waals surface area contributed by atoms with Gasteiger partial charge in [0.05, 0.1) is 0 Å². The van der Waals surface area contributed by atoms with E-state index in [0.29, 0.717) is 23.1 Å². The van der Waals surface area contributed by atoms with E-state index in [1.165, 1.54) is 0 Å². The molecule has 2 aromatic carbocycles. The highest BCUT2D eigenvalue weighted by Crippen LogP contribution is 2.41. The lowest BCUT2D eigenvalue weighted by atomic mass is 10.0. The Morgan fingerprint density at radius 1 is 1.00 bits per heavy atom. The van der Waals surface area contributed by atoms with Crippen LogP contribution in [0.1, 0.15) is 30.1 Å². The van der Waals surface area contributed by atoms with Crippen LogP contribution in [0.2, 0.25) is 10.0 Å². The lowest BCUT2D eigenvalue weighted by Gasteiger charge is -2.17. The summed E-state index contributed by atoms with van der Waals surface area (Å²) in [6, 6.07) is 15.5. The highest BCUT2D eigenvalue weighted by atomic mass is 35.5. The van der Waals surface area contributed by atoms with E-state index in [1.54, 1.807) is 11.8 Å². The molecule has 0 radical (unpaired) electrons. The van der Waals surface area contributed by atoms with Crippen molar-refractivity contribution in [3.8, 4) is 0 Å². The molecule has 0 N–H and O–H groups in total. The molecule has 114 valence electrons. The zero-order valence-corrected chi connectivity index (χ0v) is 14.3. The second kappa shape index (κ2) is 7.08. The van der Waals surface area contributed by atoms with E-state index in [2.05, 4.69) is 0 Å². The number of hydrogen-bond donors (Lipinski definition) is 0. The number of halogens is 2. The van der Waals surface area contributed by atoms with Crippen LogP contribution >= 0.6 is 35.0 Å². The summed E-state index contributed by atoms with van der Waals surface area (Å²) in [5, 5.41) is 1.56. The van der Waals surface area contributed by atoms with E-state index in [4.69, 9.17) is 23.2 Å². The average molecular weight is 351 g/mol. The second-order valence-electron chi connectivity index (χ2n) is 5.56. The third kappa shape index (κ3) is 4.28. The molecule has 1 aliphatic carbocycles. The molecule has 0 aromatic heterocycles. The fraction of sp³-hybridized carbons (Fsp3) is 0.278. The molecular weight excluding hydrogens is 335 g/mol. The monoisotopic (exact) mass is 350 g/mol. The highest BCUT2D eigenvalue weighted by Gasteiger charge is 2.31. The van der Waals surface area contributed by atoms with Crippen LogP contribution in [0.3, 0.4) is 0 Å². The van der Waals surface area contributed by atoms with Gasteiger partial charge in [-0.05, 0) is 54.8 Å². The van der Waals surface area contributed by atoms with E-state index in [0.717, 1.165) is 28.3 Å². The Hall–Kier alpha value is -0.960. The summed E-state index contributed by atoms with van der Waals surface area (Å²) in [4.78, 5) is 13.4. The van der Waals surface area contributed by atoms with Crippen LogP contribution in [0.15, 0.2) is 53.4 Å². The number of Topliss-reactive ketones (excluding diaryl/α,β-unsaturated/α-hetero) is 1. The maximum atomic E-state index is 12.2. The predicted octanol–water partition coefficient (Wildman–Crippen LogP) is 6.20. The van der Waals surface area contributed by atoms with Crippen molar-refractivity contribution in [1.29, 1.82) is 0 Å². The molecule has 0 spiro atoms. The van der Waals surface area contributed by atoms with Crippen LogP contribution < -0.4 is 0 Å². The molecular formula is C18H16Cl2OS. The summed E-state index contributed by atoms with van der Waals surface area (Å²) in [7, 11) is 0. The number of ketones is 1. The Balaban J connectivity index is 1.79. The first-order chi connectivity index (χ1) is 10.6. The summed E-state index contributed by atoms with van der Waals surface area (Å²) in [5.74, 6) is 0.669. The van der Waals surface area contributed by atoms with Gasteiger partial charge in [-0.15, -0.1) is 11.8 Å². The van der Waals surface area contributed by atoms with Gasteiger partial charge in [-0.25, -0.2) is 0 Å². The van der Waals surface area contributed by atoms with Crippen molar-refractivity contribution >= 4 is 40.7 Å². The quantitative estimate of drug-likeness (QED) is 0.577. The van der Waals surface area contributed by atoms with Gasteiger partial charge in [-0.2, -0.15) is 0 Å². The first-order valence-corrected chi connectivity index (χ1v) is 8.96. The predicted molar refractivity (Wildman–Crippen MR) is 93.9 cm³/mol. The molecule has 0 bridgehead atoms. The smallest absolute Gasteiger partial charge is 0.137 e. The fourth-order valence-electron chi connectivity index (χ4n) is 2.34. The molecule has 1 aliphatic rings. The number of rotatable bonds is 6. The van der Waals surface area contributed by atoms with Crippen molar-refractivity contribution in [1.82, 2.24) is 0 Å². The lowest BCUT2D eigenvalue weighted by molar-refractivity contribution is -0.120. The Morgan fingerprint density at radius 3 is 2.09 bits per heavy atom. The molecule has 0 aliphatic heterocycles. The molecule has 4 heteroatoms. The molecule has 2 aromatic rings. The minimum Gasteiger partial charge on any atom is -0.299 e. The minimum atomic E-state index is 0.117. The summed E-state index contributed by atoms with van der Waals surface area (Å²) >= 11 is 13.6. The Kier molecular flexibility index (Phi) is 5.12. The molecule has 0 amide bonds. The normalized spacial score (nSPS) is 15.5. The molecule has 0 heterocycles. The molecule has 22 heavy (non-hydrogen) atoms. The number of thioether (sulfide) groups is 1. The van der Waals surface area contributed by atoms with E-state index >= 15 is 0 Å². The van der Waals surface area contributed by atoms with Crippen LogP contribution in [0.25, 0.3) is 0 Å². The van der Waals surface area contributed by atoms with Gasteiger partial charge in [0.25, 0.3) is 0 Å². The first-order valence-electron chi connectivity index (χ1n) is 7.32. The SMILES string of the molecule is O=C(C[C@@H](Sc1ccc(Cl)cc1)c1ccc(Cl)cc1)C1CC1. The first kappa shape index (κ1) is 15.9. The van der Waals surface area contributed by atoms with E-state index in [-0.39, 0.29) is 5.25 Å². The van der Waals surface area contributed by atoms with E-state index in [1.807, 2.05) is 48.5 Å². The van der Waals surface area contributed by atoms with Crippen molar-refractivity contribution < 1.29 is 4.79 Å². The minimum absolute atomic E-state index is 0.117. The van der Waals surface area contributed by atoms with Crippen molar-refractivity contribution in [3.05, 3.63) is 64.1 Å². The van der Waals surface area contributed by atoms with Gasteiger partial charge in [0.15, 0.2) is 0 Å². The van der Waals surface area contributed by atoms with E-state index in [9.17, 15) is 4.79 Å². The zero-order chi connectivity index (χ0) is 15.5. The molecule has 1 atom stereocenters. The maximum Gasteiger partial charge on any atom is 0.137 e. The van der Waals surface area contributed by atoms with Gasteiger partial charge in [0.2, 0.25) is 0 Å². The highest BCUT2D eigenvalue weighted by molar-refractivity contribution is 7.99. The summed E-state index contributed by atoms with van der Waals surface area (Å²) in [6.45, 7) is 0. The van der Waals surface area contributed by atoms with Crippen LogP contribution in [0, 0.1) is 5.92 Å². The van der Waals surface area contributed by atoms with Crippen molar-refractivity contribution in [2.75, 3.05) is 0 Å². The summed E-state index contributed by atoms with van der Waals surface area (Å²) < 4.78 is 0. The maximum absolute atomic E-state index is 12.2. The van der Waals surface area contributed by atoms with Gasteiger partial charge in [0.1, 0.15) is 5.78 Å². The van der Waals surface area contributed by atoms with Gasteiger partial charge >= 0.3 is 0 Å². The van der Waals surface area contributed by atoms with Crippen LogP contribution in [-0.4, -0.2) is 5.78 Å². The Morgan fingerprint density at radius 2 is 1.55 bits per heavy atom. The molecule has 1 fully saturated rings. The third-order valence-corrected chi connectivity index (χ3v) is 5.52. The average Bonchev–Trinajstić information content (AvgIpc) is 3.34. The van der Waals surface area contributed by atoms with Crippen LogP contribution in [0.4, 0.5) is 0 Å². The summed E-state index contributed by atoms with van der Waals surface area (Å²) in [5.41, 5.74) is 1.14. The van der Waals surface area contributed by atoms with Crippen molar-refractivity contribution in [2.24, 2.45) is 5.92 Å². The van der Waals surface area contributed by atoms with Crippen LogP contribution in [0.5, 0.6) is 0 Å². The molecule has 1 saturated carbocycles. The Labute approximate surface area is 145 Å². The Bertz CT molecular complexity index is 648. The second-order valence-corrected chi connectivity index (χ2v) is 7.71. The topological polar surface area (TPSA) is 17.1 Å². The van der Waals surface area contributed by atoms with Gasteiger partial charge in [0, 0.05) is 32.5 Å². The number of carbonyl (C=O) groups is 1. The third-order valence-electron chi connectivity index (χ3n) is 3.75. The van der Waals surface area contributed by atoms with Gasteiger partial charge in [-0.1, -0.05) is 35.3 Å². The van der Waals surface area contributed by atoms with E-state index < -0.39 is 0 Å². The van der Waals surface area contributed by atoms with Crippen molar-refractivity contribution in [3.63, 3.8) is 0 Å². The molecule has 0 unspecified atom stereocenters. The number of hydrogen-bond acceptors (Lipinski definition) is 2. The lowest BCUT2D eigenvalue weighted by Crippen LogP contribution is -2.06. The van der Waals surface area contributed by atoms with Gasteiger partial charge < -0.3 is 0 Å². The summed E-state index contributed by atoms with van der Waals surface area (Å²) in [6.07, 6.45) is 2.68.